The molecule has 0 bridgehead atoms. The van der Waals surface area contributed by atoms with Crippen LogP contribution < -0.4 is 10.4 Å². The molecular formula is C21H26N2O6. The van der Waals surface area contributed by atoms with Crippen molar-refractivity contribution in [1.29, 1.82) is 0 Å². The molecule has 0 spiro atoms. The number of carbonyl (C=O) groups excluding carboxylic acids is 2. The Bertz CT molecular complexity index is 975. The Morgan fingerprint density at radius 3 is 2.41 bits per heavy atom. The van der Waals surface area contributed by atoms with E-state index < -0.39 is 11.7 Å². The summed E-state index contributed by atoms with van der Waals surface area (Å²) in [6, 6.07) is 5.10. The van der Waals surface area contributed by atoms with Gasteiger partial charge in [-0.3, -0.25) is 4.79 Å². The van der Waals surface area contributed by atoms with Crippen molar-refractivity contribution < 1.29 is 23.5 Å². The van der Waals surface area contributed by atoms with E-state index in [2.05, 4.69) is 0 Å². The summed E-state index contributed by atoms with van der Waals surface area (Å²) < 4.78 is 16.1. The van der Waals surface area contributed by atoms with Crippen molar-refractivity contribution >= 4 is 23.0 Å². The zero-order valence-corrected chi connectivity index (χ0v) is 17.2. The molecule has 1 fully saturated rings. The molecule has 29 heavy (non-hydrogen) atoms. The Morgan fingerprint density at radius 2 is 1.79 bits per heavy atom. The minimum Gasteiger partial charge on any atom is -0.480 e. The van der Waals surface area contributed by atoms with Gasteiger partial charge in [0.15, 0.2) is 6.10 Å². The molecule has 0 saturated carbocycles. The van der Waals surface area contributed by atoms with Crippen molar-refractivity contribution in [3.8, 4) is 5.75 Å². The van der Waals surface area contributed by atoms with E-state index in [1.54, 1.807) is 22.8 Å². The Labute approximate surface area is 169 Å². The van der Waals surface area contributed by atoms with Crippen molar-refractivity contribution in [3.63, 3.8) is 0 Å². The summed E-state index contributed by atoms with van der Waals surface area (Å²) >= 11 is 0. The van der Waals surface area contributed by atoms with Crippen LogP contribution in [0.3, 0.4) is 0 Å². The summed E-state index contributed by atoms with van der Waals surface area (Å²) in [5.74, 6) is 0.370. The number of hydrogen-bond donors (Lipinski definition) is 0. The van der Waals surface area contributed by atoms with Crippen molar-refractivity contribution in [1.82, 2.24) is 9.80 Å². The normalized spacial score (nSPS) is 15.3. The lowest BCUT2D eigenvalue weighted by Crippen LogP contribution is -2.53. The predicted octanol–water partition coefficient (Wildman–Crippen LogP) is 2.34. The third-order valence-corrected chi connectivity index (χ3v) is 5.09. The Balaban J connectivity index is 1.79. The minimum atomic E-state index is -0.721. The summed E-state index contributed by atoms with van der Waals surface area (Å²) in [5, 5.41) is 0.716. The van der Waals surface area contributed by atoms with Gasteiger partial charge in [0.25, 0.3) is 5.91 Å². The van der Waals surface area contributed by atoms with E-state index in [4.69, 9.17) is 13.9 Å². The second kappa shape index (κ2) is 8.55. The van der Waals surface area contributed by atoms with Gasteiger partial charge in [0, 0.05) is 32.2 Å². The van der Waals surface area contributed by atoms with Crippen LogP contribution in [0, 0.1) is 6.92 Å². The molecule has 0 N–H and O–H groups in total. The molecule has 0 radical (unpaired) electrons. The zero-order chi connectivity index (χ0) is 21.1. The van der Waals surface area contributed by atoms with Crippen molar-refractivity contribution in [2.45, 2.75) is 33.3 Å². The summed E-state index contributed by atoms with van der Waals surface area (Å²) in [6.45, 7) is 7.22. The molecule has 2 heterocycles. The van der Waals surface area contributed by atoms with Gasteiger partial charge in [0.1, 0.15) is 11.3 Å². The van der Waals surface area contributed by atoms with Crippen molar-refractivity contribution in [2.75, 3.05) is 33.3 Å². The van der Waals surface area contributed by atoms with Crippen LogP contribution in [-0.2, 0) is 16.0 Å². The summed E-state index contributed by atoms with van der Waals surface area (Å²) in [7, 11) is 1.34. The third-order valence-electron chi connectivity index (χ3n) is 5.09. The fourth-order valence-electron chi connectivity index (χ4n) is 3.58. The van der Waals surface area contributed by atoms with E-state index in [1.165, 1.54) is 13.2 Å². The van der Waals surface area contributed by atoms with E-state index in [-0.39, 0.29) is 12.0 Å². The van der Waals surface area contributed by atoms with E-state index >= 15 is 0 Å². The predicted molar refractivity (Wildman–Crippen MR) is 107 cm³/mol. The van der Waals surface area contributed by atoms with Gasteiger partial charge in [0.05, 0.1) is 12.5 Å². The number of aryl methyl sites for hydroxylation is 2. The topological polar surface area (TPSA) is 89.3 Å². The van der Waals surface area contributed by atoms with E-state index in [0.29, 0.717) is 49.3 Å². The van der Waals surface area contributed by atoms with Crippen LogP contribution in [0.15, 0.2) is 27.4 Å². The average Bonchev–Trinajstić information content (AvgIpc) is 2.71. The molecular weight excluding hydrogens is 376 g/mol. The monoisotopic (exact) mass is 402 g/mol. The molecule has 2 amide bonds. The van der Waals surface area contributed by atoms with Gasteiger partial charge in [-0.2, -0.15) is 0 Å². The number of methoxy groups -OCH3 is 1. The van der Waals surface area contributed by atoms with Crippen LogP contribution in [0.25, 0.3) is 11.0 Å². The largest absolute Gasteiger partial charge is 0.480 e. The Kier molecular flexibility index (Phi) is 6.10. The van der Waals surface area contributed by atoms with E-state index in [9.17, 15) is 14.4 Å². The first kappa shape index (κ1) is 20.7. The van der Waals surface area contributed by atoms with Gasteiger partial charge in [-0.25, -0.2) is 9.59 Å². The number of piperazine rings is 1. The highest BCUT2D eigenvalue weighted by Gasteiger charge is 2.28. The molecule has 1 atom stereocenters. The van der Waals surface area contributed by atoms with Crippen LogP contribution in [0.2, 0.25) is 0 Å². The molecule has 1 unspecified atom stereocenters. The quantitative estimate of drug-likeness (QED) is 0.730. The number of ether oxygens (including phenoxy) is 2. The SMILES string of the molecule is CCc1cc(=O)oc2cc(C)cc(OC(C)C(=O)N3CCN(C(=O)OC)CC3)c12. The highest BCUT2D eigenvalue weighted by atomic mass is 16.5. The summed E-state index contributed by atoms with van der Waals surface area (Å²) in [5.41, 5.74) is 1.74. The maximum absolute atomic E-state index is 12.9. The summed E-state index contributed by atoms with van der Waals surface area (Å²) in [6.07, 6.45) is -0.471. The fraction of sp³-hybridized carbons (Fsp3) is 0.476. The number of hydrogen-bond acceptors (Lipinski definition) is 6. The fourth-order valence-corrected chi connectivity index (χ4v) is 3.58. The molecule has 8 nitrogen and oxygen atoms in total. The molecule has 1 aromatic carbocycles. The van der Waals surface area contributed by atoms with Gasteiger partial charge in [-0.15, -0.1) is 0 Å². The molecule has 2 aromatic rings. The van der Waals surface area contributed by atoms with Crippen LogP contribution in [-0.4, -0.2) is 61.2 Å². The molecule has 8 heteroatoms. The van der Waals surface area contributed by atoms with Gasteiger partial charge in [0.2, 0.25) is 0 Å². The lowest BCUT2D eigenvalue weighted by atomic mass is 10.0. The average molecular weight is 402 g/mol. The summed E-state index contributed by atoms with van der Waals surface area (Å²) in [4.78, 5) is 39.5. The number of carbonyl (C=O) groups is 2. The zero-order valence-electron chi connectivity index (χ0n) is 17.2. The van der Waals surface area contributed by atoms with Gasteiger partial charge in [-0.05, 0) is 43.5 Å². The maximum atomic E-state index is 12.9. The molecule has 156 valence electrons. The third kappa shape index (κ3) is 4.36. The van der Waals surface area contributed by atoms with Crippen LogP contribution in [0.5, 0.6) is 5.75 Å². The van der Waals surface area contributed by atoms with Crippen LogP contribution in [0.1, 0.15) is 25.0 Å². The van der Waals surface area contributed by atoms with Gasteiger partial charge >= 0.3 is 11.7 Å². The second-order valence-electron chi connectivity index (χ2n) is 7.12. The number of nitrogens with zero attached hydrogens (tertiary/aromatic N) is 2. The lowest BCUT2D eigenvalue weighted by Gasteiger charge is -2.35. The second-order valence-corrected chi connectivity index (χ2v) is 7.12. The highest BCUT2D eigenvalue weighted by Crippen LogP contribution is 2.31. The number of benzene rings is 1. The Morgan fingerprint density at radius 1 is 1.14 bits per heavy atom. The lowest BCUT2D eigenvalue weighted by molar-refractivity contribution is -0.139. The van der Waals surface area contributed by atoms with Crippen molar-refractivity contribution in [3.05, 3.63) is 39.7 Å². The smallest absolute Gasteiger partial charge is 0.409 e. The standard InChI is InChI=1S/C21H26N2O6/c1-5-15-12-18(24)29-17-11-13(2)10-16(19(15)17)28-14(3)20(25)22-6-8-23(9-7-22)21(26)27-4/h10-12,14H,5-9H2,1-4H3. The van der Waals surface area contributed by atoms with Gasteiger partial charge in [-0.1, -0.05) is 6.92 Å². The van der Waals surface area contributed by atoms with E-state index in [0.717, 1.165) is 11.1 Å². The minimum absolute atomic E-state index is 0.153. The highest BCUT2D eigenvalue weighted by molar-refractivity contribution is 5.88. The first-order valence-electron chi connectivity index (χ1n) is 9.69. The van der Waals surface area contributed by atoms with Crippen LogP contribution in [0.4, 0.5) is 4.79 Å². The van der Waals surface area contributed by atoms with E-state index in [1.807, 2.05) is 19.9 Å². The number of amides is 2. The molecule has 1 saturated heterocycles. The maximum Gasteiger partial charge on any atom is 0.409 e. The molecule has 3 rings (SSSR count). The van der Waals surface area contributed by atoms with Gasteiger partial charge < -0.3 is 23.7 Å². The number of rotatable bonds is 4. The first-order chi connectivity index (χ1) is 13.8. The molecule has 0 aliphatic carbocycles. The molecule has 1 aliphatic heterocycles. The Hall–Kier alpha value is -3.03. The first-order valence-corrected chi connectivity index (χ1v) is 9.69. The van der Waals surface area contributed by atoms with Crippen LogP contribution >= 0.6 is 0 Å². The molecule has 1 aromatic heterocycles. The number of fused-ring (bicyclic) bond motifs is 1. The van der Waals surface area contributed by atoms with Crippen molar-refractivity contribution in [2.24, 2.45) is 0 Å². The molecule has 1 aliphatic rings.